The highest BCUT2D eigenvalue weighted by molar-refractivity contribution is 5.95. The largest absolute Gasteiger partial charge is 0.467 e. The summed E-state index contributed by atoms with van der Waals surface area (Å²) in [6.07, 6.45) is -3.70. The molecular formula is C19H26F4N4O4. The molecule has 1 heterocycles. The van der Waals surface area contributed by atoms with Crippen LogP contribution in [0.25, 0.3) is 0 Å². The van der Waals surface area contributed by atoms with E-state index in [0.29, 0.717) is 31.7 Å². The zero-order chi connectivity index (χ0) is 23.6. The summed E-state index contributed by atoms with van der Waals surface area (Å²) in [7, 11) is 0. The van der Waals surface area contributed by atoms with Gasteiger partial charge in [0.1, 0.15) is 5.56 Å². The van der Waals surface area contributed by atoms with Gasteiger partial charge >= 0.3 is 12.3 Å². The van der Waals surface area contributed by atoms with Crippen LogP contribution in [0.5, 0.6) is 5.88 Å². The smallest absolute Gasteiger partial charge is 0.422 e. The number of pyridine rings is 1. The summed E-state index contributed by atoms with van der Waals surface area (Å²) in [6, 6.07) is 0.181. The first kappa shape index (κ1) is 24.5. The van der Waals surface area contributed by atoms with Crippen molar-refractivity contribution in [3.8, 4) is 5.88 Å². The normalized spacial score (nSPS) is 19.6. The lowest BCUT2D eigenvalue weighted by Gasteiger charge is -2.42. The predicted molar refractivity (Wildman–Crippen MR) is 104 cm³/mol. The molecular weight excluding hydrogens is 424 g/mol. The Bertz CT molecular complexity index is 818. The van der Waals surface area contributed by atoms with E-state index in [2.05, 4.69) is 15.0 Å². The van der Waals surface area contributed by atoms with E-state index in [1.807, 2.05) is 0 Å². The summed E-state index contributed by atoms with van der Waals surface area (Å²) in [4.78, 5) is 28.1. The third-order valence-electron chi connectivity index (χ3n) is 4.91. The summed E-state index contributed by atoms with van der Waals surface area (Å²) in [6.45, 7) is 3.68. The number of carboxylic acid groups (broad SMARTS) is 1. The summed E-state index contributed by atoms with van der Waals surface area (Å²) < 4.78 is 56.3. The first-order chi connectivity index (χ1) is 14.2. The van der Waals surface area contributed by atoms with E-state index in [9.17, 15) is 32.3 Å². The van der Waals surface area contributed by atoms with E-state index in [0.717, 1.165) is 0 Å². The van der Waals surface area contributed by atoms with Crippen LogP contribution in [0.3, 0.4) is 0 Å². The van der Waals surface area contributed by atoms with Crippen molar-refractivity contribution in [2.45, 2.75) is 70.3 Å². The summed E-state index contributed by atoms with van der Waals surface area (Å²) >= 11 is 0. The van der Waals surface area contributed by atoms with Gasteiger partial charge in [0.15, 0.2) is 18.2 Å². The van der Waals surface area contributed by atoms with Gasteiger partial charge in [-0.1, -0.05) is 0 Å². The summed E-state index contributed by atoms with van der Waals surface area (Å²) in [5, 5.41) is 12.3. The summed E-state index contributed by atoms with van der Waals surface area (Å²) in [5.74, 6) is -3.22. The number of nitrogens with one attached hydrogen (secondary N) is 1. The van der Waals surface area contributed by atoms with E-state index in [4.69, 9.17) is 5.73 Å². The highest BCUT2D eigenvalue weighted by Gasteiger charge is 2.36. The Balaban J connectivity index is 2.13. The van der Waals surface area contributed by atoms with Crippen LogP contribution in [-0.4, -0.2) is 57.4 Å². The van der Waals surface area contributed by atoms with Gasteiger partial charge in [0, 0.05) is 17.6 Å². The number of nitrogens with two attached hydrogens (primary N) is 1. The minimum Gasteiger partial charge on any atom is -0.467 e. The number of carbonyl (C=O) groups is 2. The lowest BCUT2D eigenvalue weighted by Crippen LogP contribution is -2.52. The molecule has 31 heavy (non-hydrogen) atoms. The minimum absolute atomic E-state index is 0.212. The van der Waals surface area contributed by atoms with Crippen LogP contribution in [0.4, 0.5) is 28.2 Å². The lowest BCUT2D eigenvalue weighted by molar-refractivity contribution is -0.154. The number of aromatic nitrogens is 1. The van der Waals surface area contributed by atoms with Crippen molar-refractivity contribution in [1.82, 2.24) is 9.88 Å². The van der Waals surface area contributed by atoms with Gasteiger partial charge < -0.3 is 25.8 Å². The van der Waals surface area contributed by atoms with Crippen LogP contribution in [0.1, 0.15) is 56.8 Å². The number of nitrogens with zero attached hydrogens (tertiary/aromatic N) is 2. The quantitative estimate of drug-likeness (QED) is 0.568. The molecule has 1 aliphatic carbocycles. The fraction of sp³-hybridized carbons (Fsp3) is 0.632. The molecule has 1 aromatic rings. The SMILES string of the molecule is CC(C)(C)N(C(=O)O)C1CCC(Nc2nc(OCC(F)(F)F)c(C(N)=O)cc2F)CC1. The van der Waals surface area contributed by atoms with E-state index in [1.165, 1.54) is 4.90 Å². The Labute approximate surface area is 176 Å². The zero-order valence-corrected chi connectivity index (χ0v) is 17.4. The standard InChI is InChI=1S/C19H26F4N4O4/c1-18(2,3)27(17(29)30)11-6-4-10(5-7-11)25-15-13(20)8-12(14(24)28)16(26-15)31-9-19(21,22)23/h8,10-11H,4-7,9H2,1-3H3,(H2,24,28)(H,25,26)(H,29,30). The van der Waals surface area contributed by atoms with Crippen molar-refractivity contribution in [2.75, 3.05) is 11.9 Å². The maximum atomic E-state index is 14.4. The fourth-order valence-corrected chi connectivity index (χ4v) is 3.67. The third-order valence-corrected chi connectivity index (χ3v) is 4.91. The molecule has 0 radical (unpaired) electrons. The third kappa shape index (κ3) is 6.59. The molecule has 1 aliphatic rings. The van der Waals surface area contributed by atoms with Gasteiger partial charge in [0.05, 0.1) is 0 Å². The van der Waals surface area contributed by atoms with Gasteiger partial charge in [0.25, 0.3) is 5.91 Å². The van der Waals surface area contributed by atoms with Gasteiger partial charge in [-0.15, -0.1) is 0 Å². The molecule has 1 fully saturated rings. The molecule has 12 heteroatoms. The highest BCUT2D eigenvalue weighted by atomic mass is 19.4. The van der Waals surface area contributed by atoms with Crippen molar-refractivity contribution >= 4 is 17.8 Å². The van der Waals surface area contributed by atoms with Crippen molar-refractivity contribution in [3.63, 3.8) is 0 Å². The molecule has 4 N–H and O–H groups in total. The van der Waals surface area contributed by atoms with Gasteiger partial charge in [-0.3, -0.25) is 4.79 Å². The molecule has 174 valence electrons. The molecule has 0 saturated heterocycles. The number of carbonyl (C=O) groups excluding carboxylic acids is 1. The molecule has 8 nitrogen and oxygen atoms in total. The first-order valence-electron chi connectivity index (χ1n) is 9.67. The molecule has 1 saturated carbocycles. The van der Waals surface area contributed by atoms with Crippen LogP contribution in [0, 0.1) is 5.82 Å². The lowest BCUT2D eigenvalue weighted by atomic mass is 9.88. The number of halogens is 4. The Morgan fingerprint density at radius 3 is 2.29 bits per heavy atom. The van der Waals surface area contributed by atoms with E-state index in [1.54, 1.807) is 20.8 Å². The van der Waals surface area contributed by atoms with Crippen LogP contribution in [0.2, 0.25) is 0 Å². The van der Waals surface area contributed by atoms with Crippen LogP contribution < -0.4 is 15.8 Å². The maximum absolute atomic E-state index is 14.4. The Hall–Kier alpha value is -2.79. The Morgan fingerprint density at radius 1 is 1.26 bits per heavy atom. The molecule has 1 aromatic heterocycles. The number of alkyl halides is 3. The molecule has 0 unspecified atom stereocenters. The maximum Gasteiger partial charge on any atom is 0.422 e. The number of hydrogen-bond donors (Lipinski definition) is 3. The van der Waals surface area contributed by atoms with Gasteiger partial charge in [-0.05, 0) is 52.5 Å². The number of amides is 2. The van der Waals surface area contributed by atoms with Gasteiger partial charge in [-0.2, -0.15) is 18.2 Å². The minimum atomic E-state index is -4.68. The van der Waals surface area contributed by atoms with Gasteiger partial charge in [-0.25, -0.2) is 9.18 Å². The van der Waals surface area contributed by atoms with Crippen LogP contribution >= 0.6 is 0 Å². The number of anilines is 1. The van der Waals surface area contributed by atoms with E-state index >= 15 is 0 Å². The van der Waals surface area contributed by atoms with Crippen LogP contribution in [0.15, 0.2) is 6.07 Å². The second kappa shape index (κ2) is 9.15. The molecule has 0 atom stereocenters. The second-order valence-electron chi connectivity index (χ2n) is 8.41. The number of hydrogen-bond acceptors (Lipinski definition) is 5. The number of ether oxygens (including phenoxy) is 1. The monoisotopic (exact) mass is 450 g/mol. The second-order valence-corrected chi connectivity index (χ2v) is 8.41. The average molecular weight is 450 g/mol. The molecule has 2 amide bonds. The fourth-order valence-electron chi connectivity index (χ4n) is 3.67. The van der Waals surface area contributed by atoms with E-state index < -0.39 is 47.6 Å². The Morgan fingerprint density at radius 2 is 1.84 bits per heavy atom. The molecule has 2 rings (SSSR count). The van der Waals surface area contributed by atoms with Crippen molar-refractivity contribution < 1.29 is 37.0 Å². The van der Waals surface area contributed by atoms with Crippen molar-refractivity contribution in [3.05, 3.63) is 17.4 Å². The van der Waals surface area contributed by atoms with Crippen molar-refractivity contribution in [1.29, 1.82) is 0 Å². The topological polar surface area (TPSA) is 118 Å². The Kier molecular flexibility index (Phi) is 7.22. The molecule has 0 aromatic carbocycles. The van der Waals surface area contributed by atoms with Crippen LogP contribution in [-0.2, 0) is 0 Å². The average Bonchev–Trinajstić information content (AvgIpc) is 2.61. The zero-order valence-electron chi connectivity index (χ0n) is 17.4. The first-order valence-corrected chi connectivity index (χ1v) is 9.67. The number of rotatable bonds is 6. The predicted octanol–water partition coefficient (Wildman–Crippen LogP) is 3.76. The van der Waals surface area contributed by atoms with Gasteiger partial charge in [0.2, 0.25) is 5.88 Å². The molecule has 0 aliphatic heterocycles. The summed E-state index contributed by atoms with van der Waals surface area (Å²) in [5.41, 5.74) is 3.90. The van der Waals surface area contributed by atoms with E-state index in [-0.39, 0.29) is 17.9 Å². The molecule has 0 bridgehead atoms. The van der Waals surface area contributed by atoms with Crippen molar-refractivity contribution in [2.24, 2.45) is 5.73 Å². The number of primary amides is 1. The highest BCUT2D eigenvalue weighted by Crippen LogP contribution is 2.31. The molecule has 0 spiro atoms.